The second-order valence-electron chi connectivity index (χ2n) is 9.02. The molecule has 6 nitrogen and oxygen atoms in total. The number of carboxylic acid groups (broad SMARTS) is 1. The Morgan fingerprint density at radius 3 is 2.33 bits per heavy atom. The van der Waals surface area contributed by atoms with Gasteiger partial charge in [-0.15, -0.1) is 0 Å². The maximum Gasteiger partial charge on any atom is 0.416 e. The molecule has 1 atom stereocenters. The fourth-order valence-electron chi connectivity index (χ4n) is 4.39. The Kier molecular flexibility index (Phi) is 8.21. The molecule has 4 aromatic carbocycles. The second-order valence-corrected chi connectivity index (χ2v) is 9.02. The molecule has 0 saturated heterocycles. The van der Waals surface area contributed by atoms with E-state index in [-0.39, 0.29) is 35.1 Å². The zero-order chi connectivity index (χ0) is 28.2. The molecule has 0 aliphatic heterocycles. The number of alkyl halides is 3. The van der Waals surface area contributed by atoms with Crippen molar-refractivity contribution < 1.29 is 32.6 Å². The molecule has 0 radical (unpaired) electrons. The summed E-state index contributed by atoms with van der Waals surface area (Å²) in [5.74, 6) is -1.69. The summed E-state index contributed by atoms with van der Waals surface area (Å²) in [5.41, 5.74) is -0.0967. The third-order valence-electron chi connectivity index (χ3n) is 6.35. The molecule has 0 aliphatic carbocycles. The highest BCUT2D eigenvalue weighted by molar-refractivity contribution is 5.96. The minimum absolute atomic E-state index is 0.000492. The predicted octanol–water partition coefficient (Wildman–Crippen LogP) is 6.31. The summed E-state index contributed by atoms with van der Waals surface area (Å²) in [6.07, 6.45) is -4.75. The molecule has 9 heteroatoms. The molecule has 4 rings (SSSR count). The molecule has 0 spiro atoms. The van der Waals surface area contributed by atoms with Crippen molar-refractivity contribution in [1.29, 1.82) is 0 Å². The van der Waals surface area contributed by atoms with Crippen LogP contribution in [0.5, 0.6) is 5.75 Å². The van der Waals surface area contributed by atoms with Gasteiger partial charge in [0, 0.05) is 25.2 Å². The van der Waals surface area contributed by atoms with Crippen molar-refractivity contribution in [1.82, 2.24) is 10.6 Å². The van der Waals surface area contributed by atoms with E-state index in [4.69, 9.17) is 4.74 Å². The second kappa shape index (κ2) is 11.6. The summed E-state index contributed by atoms with van der Waals surface area (Å²) >= 11 is 0. The van der Waals surface area contributed by atoms with Gasteiger partial charge in [0.1, 0.15) is 12.4 Å². The number of hydrogen-bond acceptors (Lipinski definition) is 4. The first-order valence-electron chi connectivity index (χ1n) is 12.2. The molecule has 1 amide bonds. The molecule has 0 unspecified atom stereocenters. The lowest BCUT2D eigenvalue weighted by atomic mass is 9.97. The predicted molar refractivity (Wildman–Crippen MR) is 143 cm³/mol. The van der Waals surface area contributed by atoms with Crippen LogP contribution in [0.4, 0.5) is 13.2 Å². The lowest BCUT2D eigenvalue weighted by Gasteiger charge is -2.17. The summed E-state index contributed by atoms with van der Waals surface area (Å²) in [4.78, 5) is 23.9. The van der Waals surface area contributed by atoms with Gasteiger partial charge in [0.2, 0.25) is 0 Å². The number of rotatable bonds is 9. The number of carbonyl (C=O) groups excluding carboxylic acids is 1. The summed E-state index contributed by atoms with van der Waals surface area (Å²) < 4.78 is 46.2. The molecule has 0 fully saturated rings. The Morgan fingerprint density at radius 2 is 1.62 bits per heavy atom. The highest BCUT2D eigenvalue weighted by atomic mass is 19.4. The van der Waals surface area contributed by atoms with Crippen molar-refractivity contribution >= 4 is 22.6 Å². The van der Waals surface area contributed by atoms with Crippen LogP contribution in [0.1, 0.15) is 44.8 Å². The normalized spacial score (nSPS) is 12.2. The average Bonchev–Trinajstić information content (AvgIpc) is 2.93. The van der Waals surface area contributed by atoms with E-state index < -0.39 is 29.2 Å². The first-order chi connectivity index (χ1) is 18.6. The van der Waals surface area contributed by atoms with Gasteiger partial charge in [-0.05, 0) is 70.8 Å². The van der Waals surface area contributed by atoms with E-state index in [2.05, 4.69) is 34.9 Å². The average molecular weight is 537 g/mol. The highest BCUT2D eigenvalue weighted by Crippen LogP contribution is 2.35. The number of amides is 1. The van der Waals surface area contributed by atoms with Gasteiger partial charge in [0.15, 0.2) is 0 Å². The van der Waals surface area contributed by atoms with Crippen LogP contribution in [0.15, 0.2) is 78.9 Å². The van der Waals surface area contributed by atoms with Gasteiger partial charge in [-0.25, -0.2) is 4.79 Å². The smallest absolute Gasteiger partial charge is 0.416 e. The largest absolute Gasteiger partial charge is 0.492 e. The van der Waals surface area contributed by atoms with Crippen molar-refractivity contribution in [2.75, 3.05) is 20.2 Å². The number of halogens is 3. The molecule has 3 N–H and O–H groups in total. The Morgan fingerprint density at radius 1 is 0.923 bits per heavy atom. The topological polar surface area (TPSA) is 87.7 Å². The van der Waals surface area contributed by atoms with Crippen LogP contribution >= 0.6 is 0 Å². The number of aromatic carboxylic acids is 1. The Hall–Kier alpha value is -4.37. The number of ether oxygens (including phenoxy) is 1. The summed E-state index contributed by atoms with van der Waals surface area (Å²) in [6, 6.07) is 21.2. The van der Waals surface area contributed by atoms with Gasteiger partial charge in [-0.3, -0.25) is 4.79 Å². The quantitative estimate of drug-likeness (QED) is 0.218. The van der Waals surface area contributed by atoms with Crippen LogP contribution in [0.2, 0.25) is 0 Å². The van der Waals surface area contributed by atoms with E-state index in [1.807, 2.05) is 25.1 Å². The Balaban J connectivity index is 1.55. The zero-order valence-corrected chi connectivity index (χ0v) is 21.3. The van der Waals surface area contributed by atoms with Gasteiger partial charge in [-0.2, -0.15) is 13.2 Å². The number of carboxylic acids is 1. The standard InChI is InChI=1S/C30H27F3N2O4/c1-18(26-9-5-7-19-6-3-4-8-27(19)26)35-10-11-39-25-16-21(12-22(17-25)28(36)34-2)20-13-23(29(37)38)15-24(14-20)30(31,32)33/h3-9,12-18,35H,10-11H2,1-2H3,(H,34,36)(H,37,38)/t18-/m1/s1. The minimum Gasteiger partial charge on any atom is -0.492 e. The molecule has 0 saturated carbocycles. The van der Waals surface area contributed by atoms with Gasteiger partial charge in [0.05, 0.1) is 11.1 Å². The fourth-order valence-corrected chi connectivity index (χ4v) is 4.39. The molecule has 0 aliphatic rings. The van der Waals surface area contributed by atoms with Gasteiger partial charge in [-0.1, -0.05) is 42.5 Å². The van der Waals surface area contributed by atoms with Crippen LogP contribution < -0.4 is 15.4 Å². The SMILES string of the molecule is CNC(=O)c1cc(OCCN[C@H](C)c2cccc3ccccc23)cc(-c2cc(C(=O)O)cc(C(F)(F)F)c2)c1. The Labute approximate surface area is 223 Å². The van der Waals surface area contributed by atoms with Crippen molar-refractivity contribution in [3.8, 4) is 16.9 Å². The van der Waals surface area contributed by atoms with Crippen molar-refractivity contribution in [3.05, 3.63) is 101 Å². The van der Waals surface area contributed by atoms with Crippen molar-refractivity contribution in [2.45, 2.75) is 19.1 Å². The molecule has 39 heavy (non-hydrogen) atoms. The maximum absolute atomic E-state index is 13.5. The van der Waals surface area contributed by atoms with E-state index in [0.29, 0.717) is 12.6 Å². The number of nitrogens with one attached hydrogen (secondary N) is 2. The molecule has 0 heterocycles. The molecule has 0 aromatic heterocycles. The van der Waals surface area contributed by atoms with Crippen LogP contribution in [-0.2, 0) is 6.18 Å². The minimum atomic E-state index is -4.75. The lowest BCUT2D eigenvalue weighted by Crippen LogP contribution is -2.24. The van der Waals surface area contributed by atoms with Gasteiger partial charge in [0.25, 0.3) is 5.91 Å². The number of benzene rings is 4. The van der Waals surface area contributed by atoms with Crippen LogP contribution in [0, 0.1) is 0 Å². The van der Waals surface area contributed by atoms with Crippen LogP contribution in [-0.4, -0.2) is 37.2 Å². The maximum atomic E-state index is 13.5. The third kappa shape index (κ3) is 6.56. The summed E-state index contributed by atoms with van der Waals surface area (Å²) in [7, 11) is 1.43. The van der Waals surface area contributed by atoms with Crippen molar-refractivity contribution in [3.63, 3.8) is 0 Å². The zero-order valence-electron chi connectivity index (χ0n) is 21.3. The van der Waals surface area contributed by atoms with E-state index in [1.54, 1.807) is 0 Å². The van der Waals surface area contributed by atoms with E-state index in [9.17, 15) is 27.9 Å². The fraction of sp³-hybridized carbons (Fsp3) is 0.200. The molecule has 202 valence electrons. The Bertz CT molecular complexity index is 1510. The van der Waals surface area contributed by atoms with Gasteiger partial charge < -0.3 is 20.5 Å². The number of carbonyl (C=O) groups is 2. The summed E-state index contributed by atoms with van der Waals surface area (Å²) in [6.45, 7) is 2.71. The number of fused-ring (bicyclic) bond motifs is 1. The third-order valence-corrected chi connectivity index (χ3v) is 6.35. The van der Waals surface area contributed by atoms with E-state index in [0.717, 1.165) is 28.5 Å². The molecule has 4 aromatic rings. The first kappa shape index (κ1) is 27.7. The van der Waals surface area contributed by atoms with Crippen LogP contribution in [0.3, 0.4) is 0 Å². The van der Waals surface area contributed by atoms with Crippen molar-refractivity contribution in [2.24, 2.45) is 0 Å². The van der Waals surface area contributed by atoms with E-state index >= 15 is 0 Å². The lowest BCUT2D eigenvalue weighted by molar-refractivity contribution is -0.137. The van der Waals surface area contributed by atoms with E-state index in [1.165, 1.54) is 25.2 Å². The number of hydrogen-bond donors (Lipinski definition) is 3. The monoisotopic (exact) mass is 536 g/mol. The van der Waals surface area contributed by atoms with Gasteiger partial charge >= 0.3 is 12.1 Å². The first-order valence-corrected chi connectivity index (χ1v) is 12.2. The van der Waals surface area contributed by atoms with Crippen LogP contribution in [0.25, 0.3) is 21.9 Å². The molecular weight excluding hydrogens is 509 g/mol. The highest BCUT2D eigenvalue weighted by Gasteiger charge is 2.32. The molecule has 0 bridgehead atoms. The summed E-state index contributed by atoms with van der Waals surface area (Å²) in [5, 5.41) is 17.5. The molecular formula is C30H27F3N2O4.